The highest BCUT2D eigenvalue weighted by Gasteiger charge is 2.25. The molecule has 1 N–H and O–H groups in total. The normalized spacial score (nSPS) is 32.2. The lowest BCUT2D eigenvalue weighted by Crippen LogP contribution is -2.41. The monoisotopic (exact) mass is 265 g/mol. The first kappa shape index (κ1) is 15.4. The smallest absolute Gasteiger partial charge is 0.00697 e. The molecule has 2 rings (SSSR count). The Labute approximate surface area is 120 Å². The first-order chi connectivity index (χ1) is 9.16. The van der Waals surface area contributed by atoms with Gasteiger partial charge in [0.05, 0.1) is 0 Å². The van der Waals surface area contributed by atoms with E-state index < -0.39 is 0 Å². The van der Waals surface area contributed by atoms with Crippen LogP contribution in [-0.4, -0.2) is 12.1 Å². The van der Waals surface area contributed by atoms with E-state index in [1.165, 1.54) is 64.2 Å². The van der Waals surface area contributed by atoms with Gasteiger partial charge >= 0.3 is 0 Å². The van der Waals surface area contributed by atoms with Gasteiger partial charge in [-0.05, 0) is 56.8 Å². The molecule has 2 fully saturated rings. The lowest BCUT2D eigenvalue weighted by molar-refractivity contribution is 0.254. The standard InChI is InChI=1S/C18H35N/c1-14(2)16-10-7-11-18(13-12-16)19-15(3)17-8-5-4-6-9-17/h14-19H,4-13H2,1-3H3/t15-,16?,18?/m1/s1. The summed E-state index contributed by atoms with van der Waals surface area (Å²) in [4.78, 5) is 0. The van der Waals surface area contributed by atoms with E-state index in [0.29, 0.717) is 0 Å². The van der Waals surface area contributed by atoms with Crippen molar-refractivity contribution in [3.8, 4) is 0 Å². The molecule has 19 heavy (non-hydrogen) atoms. The van der Waals surface area contributed by atoms with Crippen molar-refractivity contribution in [2.45, 2.75) is 97.1 Å². The van der Waals surface area contributed by atoms with Crippen LogP contribution in [0.4, 0.5) is 0 Å². The summed E-state index contributed by atoms with van der Waals surface area (Å²) in [5, 5.41) is 3.99. The number of hydrogen-bond donors (Lipinski definition) is 1. The van der Waals surface area contributed by atoms with Crippen molar-refractivity contribution in [1.82, 2.24) is 5.32 Å². The fourth-order valence-corrected chi connectivity index (χ4v) is 4.31. The number of rotatable bonds is 4. The Morgan fingerprint density at radius 2 is 1.37 bits per heavy atom. The molecular weight excluding hydrogens is 230 g/mol. The van der Waals surface area contributed by atoms with Gasteiger partial charge in [0.15, 0.2) is 0 Å². The summed E-state index contributed by atoms with van der Waals surface area (Å²) in [5.41, 5.74) is 0. The lowest BCUT2D eigenvalue weighted by atomic mass is 9.84. The molecule has 2 saturated carbocycles. The average molecular weight is 265 g/mol. The molecule has 0 aliphatic heterocycles. The van der Waals surface area contributed by atoms with Crippen LogP contribution >= 0.6 is 0 Å². The Morgan fingerprint density at radius 3 is 2.05 bits per heavy atom. The number of nitrogens with one attached hydrogen (secondary N) is 1. The van der Waals surface area contributed by atoms with Gasteiger partial charge in [0.2, 0.25) is 0 Å². The molecular formula is C18H35N. The maximum atomic E-state index is 3.99. The van der Waals surface area contributed by atoms with Gasteiger partial charge in [0, 0.05) is 12.1 Å². The van der Waals surface area contributed by atoms with Crippen LogP contribution in [0.3, 0.4) is 0 Å². The zero-order chi connectivity index (χ0) is 13.7. The molecule has 2 aliphatic rings. The third-order valence-electron chi connectivity index (χ3n) is 5.81. The molecule has 112 valence electrons. The van der Waals surface area contributed by atoms with Crippen LogP contribution < -0.4 is 5.32 Å². The van der Waals surface area contributed by atoms with E-state index >= 15 is 0 Å². The third-order valence-corrected chi connectivity index (χ3v) is 5.81. The van der Waals surface area contributed by atoms with Crippen LogP contribution in [0.2, 0.25) is 0 Å². The SMILES string of the molecule is CC(C)C1CCCC(N[C@H](C)C2CCCCC2)CC1. The van der Waals surface area contributed by atoms with Crippen molar-refractivity contribution in [2.24, 2.45) is 17.8 Å². The topological polar surface area (TPSA) is 12.0 Å². The van der Waals surface area contributed by atoms with Gasteiger partial charge in [-0.2, -0.15) is 0 Å². The average Bonchev–Trinajstić information content (AvgIpc) is 2.65. The summed E-state index contributed by atoms with van der Waals surface area (Å²) in [6, 6.07) is 1.56. The predicted octanol–water partition coefficient (Wildman–Crippen LogP) is 5.15. The third kappa shape index (κ3) is 4.77. The minimum absolute atomic E-state index is 0.751. The summed E-state index contributed by atoms with van der Waals surface area (Å²) in [6.45, 7) is 7.26. The van der Waals surface area contributed by atoms with Crippen molar-refractivity contribution in [3.05, 3.63) is 0 Å². The van der Waals surface area contributed by atoms with Gasteiger partial charge in [0.1, 0.15) is 0 Å². The maximum Gasteiger partial charge on any atom is 0.00697 e. The summed E-state index contributed by atoms with van der Waals surface area (Å²) >= 11 is 0. The molecule has 1 nitrogen and oxygen atoms in total. The van der Waals surface area contributed by atoms with Crippen molar-refractivity contribution in [2.75, 3.05) is 0 Å². The summed E-state index contributed by atoms with van der Waals surface area (Å²) in [5.74, 6) is 2.82. The lowest BCUT2D eigenvalue weighted by Gasteiger charge is -2.31. The molecule has 1 heteroatoms. The molecule has 0 aromatic heterocycles. The van der Waals surface area contributed by atoms with Crippen LogP contribution in [0, 0.1) is 17.8 Å². The first-order valence-electron chi connectivity index (χ1n) is 8.93. The second-order valence-corrected chi connectivity index (χ2v) is 7.56. The van der Waals surface area contributed by atoms with Crippen LogP contribution in [0.15, 0.2) is 0 Å². The molecule has 0 spiro atoms. The van der Waals surface area contributed by atoms with Crippen molar-refractivity contribution < 1.29 is 0 Å². The van der Waals surface area contributed by atoms with Crippen LogP contribution in [0.25, 0.3) is 0 Å². The van der Waals surface area contributed by atoms with E-state index in [1.54, 1.807) is 0 Å². The fraction of sp³-hybridized carbons (Fsp3) is 1.00. The quantitative estimate of drug-likeness (QED) is 0.693. The highest BCUT2D eigenvalue weighted by Crippen LogP contribution is 2.31. The Bertz CT molecular complexity index is 242. The maximum absolute atomic E-state index is 3.99. The molecule has 0 aromatic carbocycles. The molecule has 0 saturated heterocycles. The second kappa shape index (κ2) is 7.67. The van der Waals surface area contributed by atoms with Gasteiger partial charge in [-0.1, -0.05) is 46.0 Å². The Kier molecular flexibility index (Phi) is 6.19. The van der Waals surface area contributed by atoms with Crippen LogP contribution in [0.5, 0.6) is 0 Å². The van der Waals surface area contributed by atoms with Crippen molar-refractivity contribution in [1.29, 1.82) is 0 Å². The summed E-state index contributed by atoms with van der Waals surface area (Å²) in [6.07, 6.45) is 14.5. The highest BCUT2D eigenvalue weighted by molar-refractivity contribution is 4.82. The fourth-order valence-electron chi connectivity index (χ4n) is 4.31. The second-order valence-electron chi connectivity index (χ2n) is 7.56. The van der Waals surface area contributed by atoms with Crippen molar-refractivity contribution >= 4 is 0 Å². The molecule has 0 bridgehead atoms. The van der Waals surface area contributed by atoms with Crippen LogP contribution in [0.1, 0.15) is 85.0 Å². The molecule has 0 radical (unpaired) electrons. The molecule has 3 atom stereocenters. The van der Waals surface area contributed by atoms with Crippen molar-refractivity contribution in [3.63, 3.8) is 0 Å². The van der Waals surface area contributed by atoms with Gasteiger partial charge in [-0.15, -0.1) is 0 Å². The highest BCUT2D eigenvalue weighted by atomic mass is 14.9. The number of hydrogen-bond acceptors (Lipinski definition) is 1. The van der Waals surface area contributed by atoms with Gasteiger partial charge in [-0.3, -0.25) is 0 Å². The zero-order valence-electron chi connectivity index (χ0n) is 13.5. The van der Waals surface area contributed by atoms with Gasteiger partial charge < -0.3 is 5.32 Å². The Balaban J connectivity index is 1.75. The first-order valence-corrected chi connectivity index (χ1v) is 8.93. The minimum Gasteiger partial charge on any atom is -0.311 e. The van der Waals surface area contributed by atoms with E-state index in [9.17, 15) is 0 Å². The van der Waals surface area contributed by atoms with Crippen LogP contribution in [-0.2, 0) is 0 Å². The molecule has 0 heterocycles. The van der Waals surface area contributed by atoms with E-state index in [-0.39, 0.29) is 0 Å². The van der Waals surface area contributed by atoms with E-state index in [2.05, 4.69) is 26.1 Å². The Hall–Kier alpha value is -0.0400. The summed E-state index contributed by atoms with van der Waals surface area (Å²) in [7, 11) is 0. The van der Waals surface area contributed by atoms with Gasteiger partial charge in [-0.25, -0.2) is 0 Å². The van der Waals surface area contributed by atoms with Gasteiger partial charge in [0.25, 0.3) is 0 Å². The van der Waals surface area contributed by atoms with E-state index in [0.717, 1.165) is 29.8 Å². The van der Waals surface area contributed by atoms with E-state index in [1.807, 2.05) is 0 Å². The zero-order valence-corrected chi connectivity index (χ0v) is 13.5. The Morgan fingerprint density at radius 1 is 0.684 bits per heavy atom. The predicted molar refractivity (Wildman–Crippen MR) is 84.4 cm³/mol. The molecule has 2 unspecified atom stereocenters. The largest absolute Gasteiger partial charge is 0.311 e. The molecule has 0 aromatic rings. The molecule has 2 aliphatic carbocycles. The minimum atomic E-state index is 0.751. The summed E-state index contributed by atoms with van der Waals surface area (Å²) < 4.78 is 0. The van der Waals surface area contributed by atoms with E-state index in [4.69, 9.17) is 0 Å². The molecule has 0 amide bonds.